The molecule has 15 heavy (non-hydrogen) atoms. The molecule has 0 aliphatic rings. The third kappa shape index (κ3) is 4.85. The van der Waals surface area contributed by atoms with Crippen molar-refractivity contribution in [3.63, 3.8) is 0 Å². The summed E-state index contributed by atoms with van der Waals surface area (Å²) in [7, 11) is -4.51. The van der Waals surface area contributed by atoms with Gasteiger partial charge in [0, 0.05) is 0 Å². The fourth-order valence-electron chi connectivity index (χ4n) is 0.743. The fraction of sp³-hybridized carbons (Fsp3) is 0.600. The Hall–Kier alpha value is -1.00. The second kappa shape index (κ2) is 5.19. The van der Waals surface area contributed by atoms with Crippen molar-refractivity contribution in [3.05, 3.63) is 0 Å². The van der Waals surface area contributed by atoms with Crippen LogP contribution in [0.25, 0.3) is 0 Å². The molecule has 0 heterocycles. The van der Waals surface area contributed by atoms with Crippen LogP contribution in [0.1, 0.15) is 6.42 Å². The molecule has 0 amide bonds. The lowest BCUT2D eigenvalue weighted by Gasteiger charge is -2.12. The summed E-state index contributed by atoms with van der Waals surface area (Å²) in [5, 5.41) is 13.0. The topological polar surface area (TPSA) is 149 Å². The lowest BCUT2D eigenvalue weighted by Crippen LogP contribution is -2.35. The van der Waals surface area contributed by atoms with Gasteiger partial charge in [-0.05, 0) is 11.1 Å². The van der Waals surface area contributed by atoms with E-state index in [9.17, 15) is 26.8 Å². The second-order valence-corrected chi connectivity index (χ2v) is 5.95. The highest BCUT2D eigenvalue weighted by Gasteiger charge is 2.34. The van der Waals surface area contributed by atoms with Crippen LogP contribution in [0.3, 0.4) is 0 Å². The van der Waals surface area contributed by atoms with Crippen molar-refractivity contribution in [2.75, 3.05) is 5.08 Å². The van der Waals surface area contributed by atoms with E-state index >= 15 is 0 Å². The van der Waals surface area contributed by atoms with Crippen molar-refractivity contribution < 1.29 is 37.0 Å². The molecule has 0 bridgehead atoms. The molecule has 0 aromatic heterocycles. The van der Waals surface area contributed by atoms with Crippen LogP contribution in [-0.2, 0) is 30.5 Å². The van der Waals surface area contributed by atoms with Crippen LogP contribution in [0.5, 0.6) is 0 Å². The summed E-state index contributed by atoms with van der Waals surface area (Å²) in [6.45, 7) is 0. The molecule has 10 heteroatoms. The van der Waals surface area contributed by atoms with Gasteiger partial charge < -0.3 is 14.8 Å². The van der Waals surface area contributed by atoms with Gasteiger partial charge in [-0.3, -0.25) is 13.8 Å². The van der Waals surface area contributed by atoms with Crippen molar-refractivity contribution >= 4 is 32.9 Å². The second-order valence-electron chi connectivity index (χ2n) is 2.51. The molecule has 0 aromatic carbocycles. The maximum atomic E-state index is 11.1. The minimum Gasteiger partial charge on any atom is -0.772 e. The first-order valence-electron chi connectivity index (χ1n) is 3.39. The number of sulfone groups is 1. The number of aliphatic carboxylic acids is 2. The number of hydrogen-bond donors (Lipinski definition) is 2. The van der Waals surface area contributed by atoms with Gasteiger partial charge in [0.15, 0.2) is 15.1 Å². The summed E-state index contributed by atoms with van der Waals surface area (Å²) in [6.07, 6.45) is -1.17. The van der Waals surface area contributed by atoms with Gasteiger partial charge in [-0.1, -0.05) is 0 Å². The molecule has 0 aromatic rings. The minimum absolute atomic E-state index is 1.17. The summed E-state index contributed by atoms with van der Waals surface area (Å²) in [5.41, 5.74) is 0. The van der Waals surface area contributed by atoms with Crippen molar-refractivity contribution in [1.82, 2.24) is 0 Å². The molecule has 0 radical (unpaired) electrons. The zero-order valence-corrected chi connectivity index (χ0v) is 8.78. The number of carboxylic acid groups (broad SMARTS) is 2. The van der Waals surface area contributed by atoms with E-state index in [2.05, 4.69) is 0 Å². The average molecular weight is 259 g/mol. The first-order valence-corrected chi connectivity index (χ1v) is 6.35. The predicted molar refractivity (Wildman–Crippen MR) is 46.4 cm³/mol. The van der Waals surface area contributed by atoms with Gasteiger partial charge in [-0.2, -0.15) is 0 Å². The Bertz CT molecular complexity index is 382. The van der Waals surface area contributed by atoms with E-state index in [1.807, 2.05) is 0 Å². The SMILES string of the molecule is O=C(O)CC(C(=O)O)S(=O)(=O)CS(=O)[O-]. The van der Waals surface area contributed by atoms with Gasteiger partial charge in [0.1, 0.15) is 5.08 Å². The molecule has 0 saturated carbocycles. The molecular weight excluding hydrogens is 252 g/mol. The highest BCUT2D eigenvalue weighted by atomic mass is 32.3. The summed E-state index contributed by atoms with van der Waals surface area (Å²) >= 11 is -2.98. The molecule has 88 valence electrons. The first-order chi connectivity index (χ1) is 6.66. The number of hydrogen-bond acceptors (Lipinski definition) is 6. The standard InChI is InChI=1S/C5H8O8S2/c6-4(7)1-3(5(8)9)15(12,13)2-14(10)11/h3H,1-2H2,(H,6,7)(H,8,9)(H,10,11)/p-1. The number of rotatable bonds is 6. The van der Waals surface area contributed by atoms with Gasteiger partial charge in [0.05, 0.1) is 6.42 Å². The van der Waals surface area contributed by atoms with E-state index in [4.69, 9.17) is 10.2 Å². The molecule has 0 aliphatic heterocycles. The Kier molecular flexibility index (Phi) is 4.84. The van der Waals surface area contributed by atoms with Crippen LogP contribution in [0.4, 0.5) is 0 Å². The number of carboxylic acids is 2. The molecule has 2 atom stereocenters. The minimum atomic E-state index is -4.51. The summed E-state index contributed by atoms with van der Waals surface area (Å²) in [4.78, 5) is 20.6. The Morgan fingerprint density at radius 2 is 1.80 bits per heavy atom. The maximum Gasteiger partial charge on any atom is 0.322 e. The average Bonchev–Trinajstić information content (AvgIpc) is 1.96. The van der Waals surface area contributed by atoms with Crippen molar-refractivity contribution in [2.45, 2.75) is 11.7 Å². The van der Waals surface area contributed by atoms with E-state index in [1.165, 1.54) is 0 Å². The van der Waals surface area contributed by atoms with E-state index in [0.717, 1.165) is 0 Å². The molecule has 0 rings (SSSR count). The molecule has 0 saturated heterocycles. The Labute approximate surface area is 87.1 Å². The van der Waals surface area contributed by atoms with Gasteiger partial charge in [0.25, 0.3) is 0 Å². The molecule has 2 unspecified atom stereocenters. The molecule has 8 nitrogen and oxygen atoms in total. The molecule has 0 spiro atoms. The molecular formula is C5H7O8S2-. The Morgan fingerprint density at radius 3 is 2.07 bits per heavy atom. The van der Waals surface area contributed by atoms with Crippen LogP contribution in [0, 0.1) is 0 Å². The Balaban J connectivity index is 4.99. The van der Waals surface area contributed by atoms with Crippen LogP contribution < -0.4 is 0 Å². The van der Waals surface area contributed by atoms with E-state index in [1.54, 1.807) is 0 Å². The maximum absolute atomic E-state index is 11.1. The van der Waals surface area contributed by atoms with E-state index in [-0.39, 0.29) is 0 Å². The van der Waals surface area contributed by atoms with Crippen LogP contribution in [0.15, 0.2) is 0 Å². The van der Waals surface area contributed by atoms with Crippen LogP contribution in [-0.4, -0.2) is 49.7 Å². The molecule has 2 N–H and O–H groups in total. The van der Waals surface area contributed by atoms with E-state index < -0.39 is 49.6 Å². The molecule has 0 fully saturated rings. The van der Waals surface area contributed by atoms with Gasteiger partial charge in [0.2, 0.25) is 0 Å². The monoisotopic (exact) mass is 259 g/mol. The normalized spacial score (nSPS) is 15.5. The predicted octanol–water partition coefficient (Wildman–Crippen LogP) is -1.83. The highest BCUT2D eigenvalue weighted by Crippen LogP contribution is 2.09. The smallest absolute Gasteiger partial charge is 0.322 e. The number of carbonyl (C=O) groups is 2. The lowest BCUT2D eigenvalue weighted by molar-refractivity contribution is -0.143. The van der Waals surface area contributed by atoms with Gasteiger partial charge in [-0.15, -0.1) is 0 Å². The van der Waals surface area contributed by atoms with Crippen LogP contribution >= 0.6 is 0 Å². The van der Waals surface area contributed by atoms with Crippen molar-refractivity contribution in [2.24, 2.45) is 0 Å². The Morgan fingerprint density at radius 1 is 1.33 bits per heavy atom. The zero-order chi connectivity index (χ0) is 12.2. The summed E-state index contributed by atoms with van der Waals surface area (Å²) in [5.74, 6) is -3.52. The largest absolute Gasteiger partial charge is 0.772 e. The van der Waals surface area contributed by atoms with Crippen LogP contribution in [0.2, 0.25) is 0 Å². The van der Waals surface area contributed by atoms with E-state index in [0.29, 0.717) is 0 Å². The van der Waals surface area contributed by atoms with Crippen molar-refractivity contribution in [3.8, 4) is 0 Å². The van der Waals surface area contributed by atoms with Gasteiger partial charge in [-0.25, -0.2) is 8.42 Å². The van der Waals surface area contributed by atoms with Crippen molar-refractivity contribution in [1.29, 1.82) is 0 Å². The lowest BCUT2D eigenvalue weighted by atomic mass is 10.3. The third-order valence-electron chi connectivity index (χ3n) is 1.33. The third-order valence-corrected chi connectivity index (χ3v) is 4.65. The summed E-state index contributed by atoms with van der Waals surface area (Å²) < 4.78 is 42.4. The summed E-state index contributed by atoms with van der Waals surface area (Å²) in [6, 6.07) is 0. The first kappa shape index (κ1) is 14.0. The highest BCUT2D eigenvalue weighted by molar-refractivity contribution is 8.04. The quantitative estimate of drug-likeness (QED) is 0.528. The fourth-order valence-corrected chi connectivity index (χ4v) is 3.18. The molecule has 0 aliphatic carbocycles. The zero-order valence-electron chi connectivity index (χ0n) is 7.15. The van der Waals surface area contributed by atoms with Gasteiger partial charge >= 0.3 is 11.9 Å².